The number of allylic oxidation sites excluding steroid dienone is 1. The maximum absolute atomic E-state index is 3.62. The molecule has 3 rings (SSSR count). The minimum absolute atomic E-state index is 1.000. The van der Waals surface area contributed by atoms with Gasteiger partial charge < -0.3 is 10.2 Å². The molecular formula is C18H26N2. The third-order valence-corrected chi connectivity index (χ3v) is 4.51. The van der Waals surface area contributed by atoms with E-state index in [0.717, 1.165) is 13.1 Å². The Morgan fingerprint density at radius 1 is 1.05 bits per heavy atom. The highest BCUT2D eigenvalue weighted by molar-refractivity contribution is 5.54. The molecule has 1 N–H and O–H groups in total. The van der Waals surface area contributed by atoms with E-state index in [2.05, 4.69) is 40.6 Å². The van der Waals surface area contributed by atoms with E-state index in [9.17, 15) is 0 Å². The summed E-state index contributed by atoms with van der Waals surface area (Å²) in [4.78, 5) is 2.54. The van der Waals surface area contributed by atoms with Crippen molar-refractivity contribution in [3.05, 3.63) is 41.5 Å². The summed E-state index contributed by atoms with van der Waals surface area (Å²) in [5.74, 6) is 0. The predicted octanol–water partition coefficient (Wildman–Crippen LogP) is 3.88. The minimum Gasteiger partial charge on any atom is -0.371 e. The molecule has 0 bridgehead atoms. The number of anilines is 1. The van der Waals surface area contributed by atoms with Gasteiger partial charge in [-0.25, -0.2) is 0 Å². The van der Waals surface area contributed by atoms with E-state index in [1.165, 1.54) is 62.9 Å². The lowest BCUT2D eigenvalue weighted by Crippen LogP contribution is -2.22. The van der Waals surface area contributed by atoms with Gasteiger partial charge in [0, 0.05) is 25.3 Å². The Morgan fingerprint density at radius 3 is 2.70 bits per heavy atom. The van der Waals surface area contributed by atoms with E-state index < -0.39 is 0 Å². The van der Waals surface area contributed by atoms with E-state index in [-0.39, 0.29) is 0 Å². The van der Waals surface area contributed by atoms with E-state index in [0.29, 0.717) is 0 Å². The van der Waals surface area contributed by atoms with Crippen LogP contribution in [0.1, 0.15) is 44.1 Å². The molecule has 2 aliphatic rings. The lowest BCUT2D eigenvalue weighted by Gasteiger charge is -2.21. The Balaban J connectivity index is 1.51. The van der Waals surface area contributed by atoms with Crippen molar-refractivity contribution in [1.29, 1.82) is 0 Å². The third kappa shape index (κ3) is 3.43. The zero-order valence-corrected chi connectivity index (χ0v) is 12.4. The van der Waals surface area contributed by atoms with E-state index in [1.807, 2.05) is 0 Å². The maximum Gasteiger partial charge on any atom is 0.0411 e. The fraction of sp³-hybridized carbons (Fsp3) is 0.556. The summed E-state index contributed by atoms with van der Waals surface area (Å²) >= 11 is 0. The van der Waals surface area contributed by atoms with Gasteiger partial charge in [-0.1, -0.05) is 29.8 Å². The summed E-state index contributed by atoms with van der Waals surface area (Å²) in [5.41, 5.74) is 4.55. The molecule has 0 aromatic heterocycles. The van der Waals surface area contributed by atoms with Gasteiger partial charge in [0.1, 0.15) is 0 Å². The summed E-state index contributed by atoms with van der Waals surface area (Å²) < 4.78 is 0. The first-order valence-electron chi connectivity index (χ1n) is 8.15. The smallest absolute Gasteiger partial charge is 0.0411 e. The van der Waals surface area contributed by atoms with Crippen LogP contribution in [0.5, 0.6) is 0 Å². The average molecular weight is 270 g/mol. The number of nitrogens with zero attached hydrogens (tertiary/aromatic N) is 1. The van der Waals surface area contributed by atoms with Crippen molar-refractivity contribution >= 4 is 5.69 Å². The molecule has 20 heavy (non-hydrogen) atoms. The topological polar surface area (TPSA) is 15.3 Å². The van der Waals surface area contributed by atoms with Gasteiger partial charge in [-0.3, -0.25) is 0 Å². The fourth-order valence-electron chi connectivity index (χ4n) is 3.36. The Morgan fingerprint density at radius 2 is 1.90 bits per heavy atom. The molecule has 0 unspecified atom stereocenters. The second-order valence-corrected chi connectivity index (χ2v) is 6.00. The summed E-state index contributed by atoms with van der Waals surface area (Å²) in [6, 6.07) is 8.88. The van der Waals surface area contributed by atoms with Gasteiger partial charge in [-0.2, -0.15) is 0 Å². The number of hydrogen-bond acceptors (Lipinski definition) is 2. The minimum atomic E-state index is 1.000. The Hall–Kier alpha value is -1.28. The van der Waals surface area contributed by atoms with Gasteiger partial charge in [0.05, 0.1) is 0 Å². The van der Waals surface area contributed by atoms with Crippen LogP contribution in [-0.4, -0.2) is 19.6 Å². The van der Waals surface area contributed by atoms with Crippen molar-refractivity contribution in [3.63, 3.8) is 0 Å². The van der Waals surface area contributed by atoms with Gasteiger partial charge in [0.15, 0.2) is 0 Å². The molecule has 1 aliphatic heterocycles. The molecule has 0 amide bonds. The predicted molar refractivity (Wildman–Crippen MR) is 86.1 cm³/mol. The lowest BCUT2D eigenvalue weighted by molar-refractivity contribution is 0.674. The highest BCUT2D eigenvalue weighted by Gasteiger charge is 2.14. The molecule has 0 atom stereocenters. The van der Waals surface area contributed by atoms with Gasteiger partial charge in [-0.15, -0.1) is 0 Å². The molecule has 1 aromatic rings. The quantitative estimate of drug-likeness (QED) is 0.623. The van der Waals surface area contributed by atoms with Crippen molar-refractivity contribution in [3.8, 4) is 0 Å². The third-order valence-electron chi connectivity index (χ3n) is 4.51. The van der Waals surface area contributed by atoms with Crippen molar-refractivity contribution < 1.29 is 0 Å². The molecule has 1 aliphatic carbocycles. The highest BCUT2D eigenvalue weighted by atomic mass is 15.1. The molecule has 0 saturated carbocycles. The number of hydrogen-bond donors (Lipinski definition) is 1. The Kier molecular flexibility index (Phi) is 4.75. The standard InChI is InChI=1S/C18H26N2/c1-2-8-16(7-1)11-12-19-15-17-9-3-4-10-18(17)20-13-5-6-14-20/h3-4,7,9-10,19H,1-2,5-6,8,11-15H2. The first kappa shape index (κ1) is 13.7. The van der Waals surface area contributed by atoms with Crippen LogP contribution in [0.2, 0.25) is 0 Å². The monoisotopic (exact) mass is 270 g/mol. The van der Waals surface area contributed by atoms with Gasteiger partial charge in [0.25, 0.3) is 0 Å². The Bertz CT molecular complexity index is 458. The zero-order chi connectivity index (χ0) is 13.6. The van der Waals surface area contributed by atoms with Crippen LogP contribution in [0, 0.1) is 0 Å². The second-order valence-electron chi connectivity index (χ2n) is 6.00. The molecule has 0 radical (unpaired) electrons. The van der Waals surface area contributed by atoms with Crippen molar-refractivity contribution in [2.24, 2.45) is 0 Å². The first-order valence-corrected chi connectivity index (χ1v) is 8.15. The maximum atomic E-state index is 3.62. The van der Waals surface area contributed by atoms with Crippen LogP contribution in [0.4, 0.5) is 5.69 Å². The zero-order valence-electron chi connectivity index (χ0n) is 12.4. The van der Waals surface area contributed by atoms with E-state index in [4.69, 9.17) is 0 Å². The van der Waals surface area contributed by atoms with Gasteiger partial charge in [0.2, 0.25) is 0 Å². The van der Waals surface area contributed by atoms with E-state index in [1.54, 1.807) is 5.57 Å². The van der Waals surface area contributed by atoms with Gasteiger partial charge in [-0.05, 0) is 56.7 Å². The summed E-state index contributed by atoms with van der Waals surface area (Å²) in [6.45, 7) is 4.56. The van der Waals surface area contributed by atoms with Crippen molar-refractivity contribution in [1.82, 2.24) is 5.32 Å². The molecule has 1 fully saturated rings. The molecular weight excluding hydrogens is 244 g/mol. The number of nitrogens with one attached hydrogen (secondary N) is 1. The van der Waals surface area contributed by atoms with Crippen LogP contribution in [0.25, 0.3) is 0 Å². The molecule has 2 nitrogen and oxygen atoms in total. The normalized spacial score (nSPS) is 18.6. The van der Waals surface area contributed by atoms with E-state index >= 15 is 0 Å². The molecule has 1 saturated heterocycles. The summed E-state index contributed by atoms with van der Waals surface area (Å²) in [7, 11) is 0. The largest absolute Gasteiger partial charge is 0.371 e. The molecule has 2 heteroatoms. The first-order chi connectivity index (χ1) is 9.93. The van der Waals surface area contributed by atoms with Crippen LogP contribution in [0.3, 0.4) is 0 Å². The lowest BCUT2D eigenvalue weighted by atomic mass is 10.1. The van der Waals surface area contributed by atoms with Crippen molar-refractivity contribution in [2.45, 2.75) is 45.1 Å². The summed E-state index contributed by atoms with van der Waals surface area (Å²) in [6.07, 6.45) is 10.3. The highest BCUT2D eigenvalue weighted by Crippen LogP contribution is 2.24. The number of benzene rings is 1. The molecule has 0 spiro atoms. The number of rotatable bonds is 6. The van der Waals surface area contributed by atoms with Crippen LogP contribution in [-0.2, 0) is 6.54 Å². The Labute approximate surface area is 122 Å². The summed E-state index contributed by atoms with van der Waals surface area (Å²) in [5, 5.41) is 3.62. The van der Waals surface area contributed by atoms with Gasteiger partial charge >= 0.3 is 0 Å². The van der Waals surface area contributed by atoms with Crippen molar-refractivity contribution in [2.75, 3.05) is 24.5 Å². The SMILES string of the molecule is C1=C(CCNCc2ccccc2N2CCCC2)CCC1. The number of para-hydroxylation sites is 1. The molecule has 108 valence electrons. The fourth-order valence-corrected chi connectivity index (χ4v) is 3.36. The van der Waals surface area contributed by atoms with Crippen LogP contribution < -0.4 is 10.2 Å². The molecule has 1 aromatic carbocycles. The average Bonchev–Trinajstić information content (AvgIpc) is 3.17. The van der Waals surface area contributed by atoms with Crippen LogP contribution in [0.15, 0.2) is 35.9 Å². The second kappa shape index (κ2) is 6.94. The molecule has 1 heterocycles. The van der Waals surface area contributed by atoms with Crippen LogP contribution >= 0.6 is 0 Å².